The Morgan fingerprint density at radius 3 is 2.09 bits per heavy atom. The van der Waals surface area contributed by atoms with E-state index in [0.717, 1.165) is 12.8 Å². The van der Waals surface area contributed by atoms with Crippen LogP contribution in [0, 0.1) is 5.92 Å². The van der Waals surface area contributed by atoms with Crippen LogP contribution >= 0.6 is 0 Å². The highest BCUT2D eigenvalue weighted by Gasteiger charge is 2.27. The molecule has 0 aliphatic carbocycles. The van der Waals surface area contributed by atoms with Gasteiger partial charge < -0.3 is 14.2 Å². The predicted octanol–water partition coefficient (Wildman–Crippen LogP) is 3.02. The second kappa shape index (κ2) is 11.9. The van der Waals surface area contributed by atoms with Gasteiger partial charge in [-0.3, -0.25) is 9.59 Å². The van der Waals surface area contributed by atoms with E-state index in [1.807, 2.05) is 13.8 Å². The topological polar surface area (TPSA) is 78.9 Å². The van der Waals surface area contributed by atoms with Crippen LogP contribution in [-0.2, 0) is 28.6 Å². The molecule has 6 nitrogen and oxygen atoms in total. The van der Waals surface area contributed by atoms with E-state index in [4.69, 9.17) is 14.2 Å². The van der Waals surface area contributed by atoms with Crippen LogP contribution in [0.25, 0.3) is 0 Å². The van der Waals surface area contributed by atoms with Gasteiger partial charge in [0.25, 0.3) is 0 Å². The van der Waals surface area contributed by atoms with E-state index < -0.39 is 18.0 Å². The molecule has 0 heterocycles. The highest BCUT2D eigenvalue weighted by atomic mass is 16.6. The van der Waals surface area contributed by atoms with Gasteiger partial charge in [0.05, 0.1) is 18.6 Å². The van der Waals surface area contributed by atoms with E-state index in [9.17, 15) is 14.4 Å². The summed E-state index contributed by atoms with van der Waals surface area (Å²) in [5.74, 6) is -1.71. The molecule has 0 fully saturated rings. The van der Waals surface area contributed by atoms with Gasteiger partial charge >= 0.3 is 17.9 Å². The van der Waals surface area contributed by atoms with Crippen LogP contribution in [0.5, 0.6) is 0 Å². The summed E-state index contributed by atoms with van der Waals surface area (Å²) in [6.45, 7) is 9.00. The minimum Gasteiger partial charge on any atom is -0.463 e. The van der Waals surface area contributed by atoms with Crippen LogP contribution < -0.4 is 0 Å². The van der Waals surface area contributed by atoms with Crippen molar-refractivity contribution < 1.29 is 28.6 Å². The average Bonchev–Trinajstić information content (AvgIpc) is 2.45. The summed E-state index contributed by atoms with van der Waals surface area (Å²) in [5, 5.41) is 0. The van der Waals surface area contributed by atoms with Crippen LogP contribution in [0.1, 0.15) is 66.7 Å². The van der Waals surface area contributed by atoms with Crippen LogP contribution in [0.3, 0.4) is 0 Å². The first kappa shape index (κ1) is 21.4. The Hall–Kier alpha value is -1.59. The fraction of sp³-hybridized carbons (Fsp3) is 0.824. The van der Waals surface area contributed by atoms with Crippen LogP contribution in [0.4, 0.5) is 0 Å². The predicted molar refractivity (Wildman–Crippen MR) is 85.7 cm³/mol. The number of unbranched alkanes of at least 4 members (excludes halogenated alkanes) is 1. The first-order valence-corrected chi connectivity index (χ1v) is 8.36. The first-order valence-electron chi connectivity index (χ1n) is 8.36. The lowest BCUT2D eigenvalue weighted by atomic mass is 9.98. The van der Waals surface area contributed by atoms with E-state index in [1.165, 1.54) is 6.92 Å². The monoisotopic (exact) mass is 330 g/mol. The maximum atomic E-state index is 12.0. The third-order valence-corrected chi connectivity index (χ3v) is 3.27. The second-order valence-electron chi connectivity index (χ2n) is 5.79. The molecule has 0 aromatic heterocycles. The average molecular weight is 330 g/mol. The minimum absolute atomic E-state index is 0.181. The number of ether oxygens (including phenoxy) is 3. The Bertz CT molecular complexity index is 377. The number of hydrogen-bond acceptors (Lipinski definition) is 6. The molecule has 0 aliphatic rings. The Labute approximate surface area is 138 Å². The molecule has 0 saturated heterocycles. The van der Waals surface area contributed by atoms with E-state index in [2.05, 4.69) is 0 Å². The van der Waals surface area contributed by atoms with Gasteiger partial charge in [0.1, 0.15) is 0 Å². The molecular weight excluding hydrogens is 300 g/mol. The van der Waals surface area contributed by atoms with E-state index >= 15 is 0 Å². The maximum Gasteiger partial charge on any atom is 0.347 e. The van der Waals surface area contributed by atoms with Crippen LogP contribution in [0.15, 0.2) is 0 Å². The first-order chi connectivity index (χ1) is 10.8. The van der Waals surface area contributed by atoms with Gasteiger partial charge in [-0.25, -0.2) is 4.79 Å². The summed E-state index contributed by atoms with van der Waals surface area (Å²) in [5.41, 5.74) is 0. The second-order valence-corrected chi connectivity index (χ2v) is 5.79. The molecule has 0 aromatic carbocycles. The Morgan fingerprint density at radius 1 is 0.957 bits per heavy atom. The van der Waals surface area contributed by atoms with Gasteiger partial charge in [0, 0.05) is 6.92 Å². The van der Waals surface area contributed by atoms with Crippen LogP contribution in [-0.4, -0.2) is 36.7 Å². The van der Waals surface area contributed by atoms with Gasteiger partial charge in [-0.2, -0.15) is 0 Å². The Balaban J connectivity index is 4.59. The van der Waals surface area contributed by atoms with Crippen molar-refractivity contribution >= 4 is 17.9 Å². The molecule has 0 rings (SSSR count). The molecule has 0 saturated carbocycles. The molecule has 2 atom stereocenters. The van der Waals surface area contributed by atoms with Gasteiger partial charge in [-0.15, -0.1) is 0 Å². The minimum atomic E-state index is -0.967. The lowest BCUT2D eigenvalue weighted by molar-refractivity contribution is -0.168. The molecule has 0 bridgehead atoms. The van der Waals surface area contributed by atoms with Crippen molar-refractivity contribution in [3.05, 3.63) is 0 Å². The third-order valence-electron chi connectivity index (χ3n) is 3.27. The molecule has 0 aromatic rings. The lowest BCUT2D eigenvalue weighted by Gasteiger charge is -2.20. The quantitative estimate of drug-likeness (QED) is 0.329. The van der Waals surface area contributed by atoms with Crippen molar-refractivity contribution in [2.24, 2.45) is 5.92 Å². The third kappa shape index (κ3) is 9.92. The molecule has 23 heavy (non-hydrogen) atoms. The van der Waals surface area contributed by atoms with Crippen molar-refractivity contribution in [2.75, 3.05) is 6.61 Å². The summed E-state index contributed by atoms with van der Waals surface area (Å²) in [6, 6.07) is 0. The van der Waals surface area contributed by atoms with Gasteiger partial charge in [0.15, 0.2) is 6.10 Å². The fourth-order valence-corrected chi connectivity index (χ4v) is 2.01. The molecule has 0 spiro atoms. The largest absolute Gasteiger partial charge is 0.463 e. The standard InChI is InChI=1S/C17H30O6/c1-6-8-11-21-17(20)15(23-13(5)18)10-9-14(7-2)16(19)22-12(3)4/h12,14-15H,6-11H2,1-5H3. The zero-order valence-corrected chi connectivity index (χ0v) is 14.9. The lowest BCUT2D eigenvalue weighted by Crippen LogP contribution is -2.30. The van der Waals surface area contributed by atoms with Crippen molar-refractivity contribution in [3.8, 4) is 0 Å². The number of carbonyl (C=O) groups excluding carboxylic acids is 3. The van der Waals surface area contributed by atoms with Crippen molar-refractivity contribution in [3.63, 3.8) is 0 Å². The fourth-order valence-electron chi connectivity index (χ4n) is 2.01. The van der Waals surface area contributed by atoms with Gasteiger partial charge in [0.2, 0.25) is 0 Å². The summed E-state index contributed by atoms with van der Waals surface area (Å²) in [4.78, 5) is 35.1. The molecule has 134 valence electrons. The number of rotatable bonds is 11. The smallest absolute Gasteiger partial charge is 0.347 e. The zero-order valence-electron chi connectivity index (χ0n) is 14.9. The summed E-state index contributed by atoms with van der Waals surface area (Å²) in [7, 11) is 0. The molecule has 0 N–H and O–H groups in total. The molecule has 6 heteroatoms. The van der Waals surface area contributed by atoms with Gasteiger partial charge in [-0.05, 0) is 39.5 Å². The molecule has 2 unspecified atom stereocenters. The highest BCUT2D eigenvalue weighted by Crippen LogP contribution is 2.18. The van der Waals surface area contributed by atoms with Gasteiger partial charge in [-0.1, -0.05) is 20.3 Å². The zero-order chi connectivity index (χ0) is 17.8. The van der Waals surface area contributed by atoms with Crippen molar-refractivity contribution in [1.82, 2.24) is 0 Å². The Kier molecular flexibility index (Phi) is 11.1. The number of carbonyl (C=O) groups is 3. The molecule has 0 amide bonds. The highest BCUT2D eigenvalue weighted by molar-refractivity contribution is 5.78. The summed E-state index contributed by atoms with van der Waals surface area (Å²) in [6.07, 6.45) is 1.77. The number of hydrogen-bond donors (Lipinski definition) is 0. The normalized spacial score (nSPS) is 13.3. The van der Waals surface area contributed by atoms with E-state index in [1.54, 1.807) is 13.8 Å². The van der Waals surface area contributed by atoms with Crippen LogP contribution in [0.2, 0.25) is 0 Å². The Morgan fingerprint density at radius 2 is 1.61 bits per heavy atom. The summed E-state index contributed by atoms with van der Waals surface area (Å²) < 4.78 is 15.3. The SMILES string of the molecule is CCCCOC(=O)C(CCC(CC)C(=O)OC(C)C)OC(C)=O. The van der Waals surface area contributed by atoms with E-state index in [-0.39, 0.29) is 24.4 Å². The van der Waals surface area contributed by atoms with Crippen molar-refractivity contribution in [1.29, 1.82) is 0 Å². The van der Waals surface area contributed by atoms with Crippen molar-refractivity contribution in [2.45, 2.75) is 78.9 Å². The molecule has 0 radical (unpaired) electrons. The maximum absolute atomic E-state index is 12.0. The van der Waals surface area contributed by atoms with E-state index in [0.29, 0.717) is 19.4 Å². The molecule has 0 aliphatic heterocycles. The molecular formula is C17H30O6. The number of esters is 3. The summed E-state index contributed by atoms with van der Waals surface area (Å²) >= 11 is 0.